The first kappa shape index (κ1) is 13.7. The number of hydrogen-bond donors (Lipinski definition) is 2. The summed E-state index contributed by atoms with van der Waals surface area (Å²) in [6.45, 7) is 5.11. The van der Waals surface area contributed by atoms with E-state index in [1.165, 1.54) is 29.7 Å². The number of nitrogens with one attached hydrogen (secondary N) is 1. The van der Waals surface area contributed by atoms with Crippen LogP contribution in [0.4, 0.5) is 5.69 Å². The van der Waals surface area contributed by atoms with E-state index in [0.717, 1.165) is 32.1 Å². The topological polar surface area (TPSA) is 41.3 Å². The Labute approximate surface area is 115 Å². The lowest BCUT2D eigenvalue weighted by Gasteiger charge is -2.31. The van der Waals surface area contributed by atoms with Crippen LogP contribution < -0.4 is 16.0 Å². The highest BCUT2D eigenvalue weighted by atomic mass is 35.5. The van der Waals surface area contributed by atoms with Crippen molar-refractivity contribution >= 4 is 18.1 Å². The molecule has 3 rings (SSSR count). The van der Waals surface area contributed by atoms with E-state index < -0.39 is 0 Å². The predicted octanol–water partition coefficient (Wildman–Crippen LogP) is 1.85. The van der Waals surface area contributed by atoms with Crippen LogP contribution in [0.5, 0.6) is 0 Å². The lowest BCUT2D eigenvalue weighted by atomic mass is 10.0. The van der Waals surface area contributed by atoms with Gasteiger partial charge in [-0.3, -0.25) is 0 Å². The molecule has 1 aromatic rings. The average molecular weight is 268 g/mol. The van der Waals surface area contributed by atoms with E-state index in [9.17, 15) is 0 Å². The zero-order chi connectivity index (χ0) is 11.7. The third-order valence-electron chi connectivity index (χ3n) is 3.80. The highest BCUT2D eigenvalue weighted by molar-refractivity contribution is 5.85. The van der Waals surface area contributed by atoms with Gasteiger partial charge in [0.25, 0.3) is 0 Å². The second kappa shape index (κ2) is 5.91. The summed E-state index contributed by atoms with van der Waals surface area (Å²) in [7, 11) is 0. The van der Waals surface area contributed by atoms with Gasteiger partial charge in [0.15, 0.2) is 0 Å². The van der Waals surface area contributed by atoms with Crippen LogP contribution in [0.3, 0.4) is 0 Å². The Morgan fingerprint density at radius 3 is 2.56 bits per heavy atom. The molecule has 0 unspecified atom stereocenters. The average Bonchev–Trinajstić information content (AvgIpc) is 3.23. The summed E-state index contributed by atoms with van der Waals surface area (Å²) in [5.74, 6) is 0.798. The Morgan fingerprint density at radius 2 is 1.94 bits per heavy atom. The number of benzene rings is 1. The minimum absolute atomic E-state index is 0. The Balaban J connectivity index is 0.00000120. The Morgan fingerprint density at radius 1 is 1.22 bits per heavy atom. The molecular weight excluding hydrogens is 246 g/mol. The first-order chi connectivity index (χ1) is 8.38. The maximum absolute atomic E-state index is 5.74. The van der Waals surface area contributed by atoms with Crippen LogP contribution >= 0.6 is 12.4 Å². The smallest absolute Gasteiger partial charge is 0.0402 e. The first-order valence-corrected chi connectivity index (χ1v) is 6.67. The third-order valence-corrected chi connectivity index (χ3v) is 3.80. The van der Waals surface area contributed by atoms with Gasteiger partial charge in [-0.2, -0.15) is 0 Å². The maximum atomic E-state index is 5.74. The van der Waals surface area contributed by atoms with Crippen LogP contribution in [-0.4, -0.2) is 26.2 Å². The fourth-order valence-corrected chi connectivity index (χ4v) is 2.65. The number of halogens is 1. The van der Waals surface area contributed by atoms with Gasteiger partial charge in [0.05, 0.1) is 0 Å². The molecule has 2 aliphatic rings. The Bertz CT molecular complexity index is 398. The quantitative estimate of drug-likeness (QED) is 0.878. The monoisotopic (exact) mass is 267 g/mol. The van der Waals surface area contributed by atoms with E-state index in [2.05, 4.69) is 28.4 Å². The van der Waals surface area contributed by atoms with Crippen LogP contribution in [0, 0.1) is 0 Å². The molecule has 1 aliphatic carbocycles. The van der Waals surface area contributed by atoms with Crippen molar-refractivity contribution in [3.05, 3.63) is 29.3 Å². The van der Waals surface area contributed by atoms with Gasteiger partial charge >= 0.3 is 0 Å². The molecule has 1 heterocycles. The zero-order valence-electron chi connectivity index (χ0n) is 10.7. The second-order valence-corrected chi connectivity index (χ2v) is 5.11. The molecule has 0 spiro atoms. The third kappa shape index (κ3) is 2.79. The summed E-state index contributed by atoms with van der Waals surface area (Å²) in [6, 6.07) is 6.79. The van der Waals surface area contributed by atoms with Crippen LogP contribution in [0.2, 0.25) is 0 Å². The van der Waals surface area contributed by atoms with E-state index in [-0.39, 0.29) is 12.4 Å². The van der Waals surface area contributed by atoms with Gasteiger partial charge < -0.3 is 16.0 Å². The van der Waals surface area contributed by atoms with Gasteiger partial charge in [0, 0.05) is 38.4 Å². The molecule has 3 nitrogen and oxygen atoms in total. The minimum atomic E-state index is 0. The van der Waals surface area contributed by atoms with Crippen molar-refractivity contribution in [3.8, 4) is 0 Å². The molecule has 0 radical (unpaired) electrons. The molecule has 0 atom stereocenters. The Kier molecular flexibility index (Phi) is 4.49. The van der Waals surface area contributed by atoms with Gasteiger partial charge in [0.1, 0.15) is 0 Å². The summed E-state index contributed by atoms with van der Waals surface area (Å²) >= 11 is 0. The summed E-state index contributed by atoms with van der Waals surface area (Å²) < 4.78 is 0. The molecule has 18 heavy (non-hydrogen) atoms. The number of hydrogen-bond acceptors (Lipinski definition) is 3. The normalized spacial score (nSPS) is 19.5. The molecule has 0 amide bonds. The van der Waals surface area contributed by atoms with Gasteiger partial charge in [-0.25, -0.2) is 0 Å². The molecule has 2 fully saturated rings. The Hall–Kier alpha value is -0.770. The van der Waals surface area contributed by atoms with E-state index in [1.807, 2.05) is 0 Å². The lowest BCUT2D eigenvalue weighted by molar-refractivity contribution is 0.587. The minimum Gasteiger partial charge on any atom is -0.369 e. The summed E-state index contributed by atoms with van der Waals surface area (Å²) in [5, 5.41) is 3.41. The van der Waals surface area contributed by atoms with E-state index >= 15 is 0 Å². The van der Waals surface area contributed by atoms with E-state index in [0.29, 0.717) is 6.54 Å². The van der Waals surface area contributed by atoms with Crippen molar-refractivity contribution in [2.75, 3.05) is 31.1 Å². The molecule has 0 aromatic heterocycles. The van der Waals surface area contributed by atoms with Crippen LogP contribution in [-0.2, 0) is 6.54 Å². The number of rotatable bonds is 3. The van der Waals surface area contributed by atoms with Gasteiger partial charge in [-0.05, 0) is 36.0 Å². The maximum Gasteiger partial charge on any atom is 0.0402 e. The van der Waals surface area contributed by atoms with Crippen molar-refractivity contribution in [1.29, 1.82) is 0 Å². The summed E-state index contributed by atoms with van der Waals surface area (Å²) in [5.41, 5.74) is 10.0. The summed E-state index contributed by atoms with van der Waals surface area (Å²) in [4.78, 5) is 2.52. The van der Waals surface area contributed by atoms with Gasteiger partial charge in [-0.1, -0.05) is 12.1 Å². The SMILES string of the molecule is Cl.NCc1ccc(N2CCNCC2)c(C2CC2)c1. The molecule has 0 bridgehead atoms. The molecule has 1 saturated heterocycles. The second-order valence-electron chi connectivity index (χ2n) is 5.11. The fourth-order valence-electron chi connectivity index (χ4n) is 2.65. The predicted molar refractivity (Wildman–Crippen MR) is 78.6 cm³/mol. The number of piperazine rings is 1. The molecular formula is C14H22ClN3. The lowest BCUT2D eigenvalue weighted by Crippen LogP contribution is -2.43. The van der Waals surface area contributed by atoms with Crippen LogP contribution in [0.25, 0.3) is 0 Å². The standard InChI is InChI=1S/C14H21N3.ClH/c15-10-11-1-4-14(13(9-11)12-2-3-12)17-7-5-16-6-8-17;/h1,4,9,12,16H,2-3,5-8,10,15H2;1H. The van der Waals surface area contributed by atoms with Crippen LogP contribution in [0.15, 0.2) is 18.2 Å². The van der Waals surface area contributed by atoms with Gasteiger partial charge in [-0.15, -0.1) is 12.4 Å². The largest absolute Gasteiger partial charge is 0.369 e. The van der Waals surface area contributed by atoms with Crippen molar-refractivity contribution in [2.45, 2.75) is 25.3 Å². The zero-order valence-corrected chi connectivity index (χ0v) is 11.5. The van der Waals surface area contributed by atoms with E-state index in [1.54, 1.807) is 0 Å². The highest BCUT2D eigenvalue weighted by Crippen LogP contribution is 2.44. The van der Waals surface area contributed by atoms with Crippen molar-refractivity contribution < 1.29 is 0 Å². The van der Waals surface area contributed by atoms with Crippen molar-refractivity contribution in [3.63, 3.8) is 0 Å². The van der Waals surface area contributed by atoms with Crippen LogP contribution in [0.1, 0.15) is 29.9 Å². The summed E-state index contributed by atoms with van der Waals surface area (Å²) in [6.07, 6.45) is 2.71. The molecule has 100 valence electrons. The van der Waals surface area contributed by atoms with Crippen molar-refractivity contribution in [2.24, 2.45) is 5.73 Å². The van der Waals surface area contributed by atoms with Crippen molar-refractivity contribution in [1.82, 2.24) is 5.32 Å². The molecule has 1 aliphatic heterocycles. The highest BCUT2D eigenvalue weighted by Gasteiger charge is 2.28. The van der Waals surface area contributed by atoms with Gasteiger partial charge in [0.2, 0.25) is 0 Å². The van der Waals surface area contributed by atoms with E-state index in [4.69, 9.17) is 5.73 Å². The fraction of sp³-hybridized carbons (Fsp3) is 0.571. The first-order valence-electron chi connectivity index (χ1n) is 6.67. The number of anilines is 1. The molecule has 1 aromatic carbocycles. The number of nitrogens with zero attached hydrogens (tertiary/aromatic N) is 1. The molecule has 1 saturated carbocycles. The number of nitrogens with two attached hydrogens (primary N) is 1. The molecule has 3 N–H and O–H groups in total. The molecule has 4 heteroatoms.